The highest BCUT2D eigenvalue weighted by molar-refractivity contribution is 7.98. The van der Waals surface area contributed by atoms with Gasteiger partial charge in [-0.1, -0.05) is 35.3 Å². The first-order chi connectivity index (χ1) is 17.6. The average Bonchev–Trinajstić information content (AvgIpc) is 3.18. The number of rotatable bonds is 3. The second kappa shape index (κ2) is 9.28. The highest BCUT2D eigenvalue weighted by atomic mass is 35.5. The molecule has 2 aromatic rings. The number of fused-ring (bicyclic) bond motifs is 2. The quantitative estimate of drug-likeness (QED) is 0.216. The molecule has 1 saturated heterocycles. The zero-order valence-corrected chi connectivity index (χ0v) is 21.5. The van der Waals surface area contributed by atoms with Crippen LogP contribution in [0.15, 0.2) is 34.7 Å². The molecular weight excluding hydrogens is 584 g/mol. The van der Waals surface area contributed by atoms with E-state index in [0.29, 0.717) is 16.7 Å². The number of halogens is 9. The van der Waals surface area contributed by atoms with Crippen LogP contribution < -0.4 is 0 Å². The van der Waals surface area contributed by atoms with E-state index < -0.39 is 63.7 Å². The molecule has 0 N–H and O–H groups in total. The van der Waals surface area contributed by atoms with Crippen LogP contribution in [0.2, 0.25) is 10.0 Å². The summed E-state index contributed by atoms with van der Waals surface area (Å²) in [5.74, 6) is -2.51. The number of amides is 1. The van der Waals surface area contributed by atoms with Crippen molar-refractivity contribution in [3.8, 4) is 0 Å². The van der Waals surface area contributed by atoms with Crippen LogP contribution >= 0.6 is 35.1 Å². The van der Waals surface area contributed by atoms with Crippen molar-refractivity contribution in [2.45, 2.75) is 42.8 Å². The van der Waals surface area contributed by atoms with E-state index in [1.165, 1.54) is 0 Å². The molecule has 3 heterocycles. The largest absolute Gasteiger partial charge is 0.399 e. The molecule has 0 saturated carbocycles. The number of hydrogen-bond acceptors (Lipinski definition) is 4. The molecule has 0 bridgehead atoms. The Labute approximate surface area is 226 Å². The Hall–Kier alpha value is -2.02. The molecule has 3 aliphatic rings. The SMILES string of the molecule is O=C(CC(F)(F)F)N1CC2(C1)OCc1cc(C3=NSCC(c4cc(Cl)c(F)c(Cl)c4)(C(F)(F)F)C3)ccc12. The molecule has 1 amide bonds. The first kappa shape index (κ1) is 27.5. The third-order valence-electron chi connectivity index (χ3n) is 7.06. The van der Waals surface area contributed by atoms with Crippen molar-refractivity contribution in [1.82, 2.24) is 4.90 Å². The van der Waals surface area contributed by atoms with Gasteiger partial charge in [-0.15, -0.1) is 0 Å². The highest BCUT2D eigenvalue weighted by Crippen LogP contribution is 2.51. The zero-order valence-electron chi connectivity index (χ0n) is 19.2. The van der Waals surface area contributed by atoms with Gasteiger partial charge >= 0.3 is 12.4 Å². The van der Waals surface area contributed by atoms with Gasteiger partial charge < -0.3 is 9.64 Å². The maximum absolute atomic E-state index is 14.5. The fourth-order valence-electron chi connectivity index (χ4n) is 5.03. The maximum atomic E-state index is 14.5. The summed E-state index contributed by atoms with van der Waals surface area (Å²) in [5.41, 5.74) is -1.78. The molecule has 0 aliphatic carbocycles. The Kier molecular flexibility index (Phi) is 6.72. The van der Waals surface area contributed by atoms with Gasteiger partial charge in [-0.2, -0.15) is 26.3 Å². The fraction of sp³-hybridized carbons (Fsp3) is 0.417. The molecular formula is C24H17Cl2F7N2O2S. The Balaban J connectivity index is 1.40. The molecule has 3 aliphatic heterocycles. The molecule has 0 radical (unpaired) electrons. The molecule has 5 rings (SSSR count). The van der Waals surface area contributed by atoms with Gasteiger partial charge in [-0.05, 0) is 52.4 Å². The number of ether oxygens (including phenoxy) is 1. The first-order valence-electron chi connectivity index (χ1n) is 11.2. The van der Waals surface area contributed by atoms with E-state index in [1.54, 1.807) is 18.2 Å². The van der Waals surface area contributed by atoms with E-state index in [1.807, 2.05) is 0 Å². The molecule has 1 spiro atoms. The lowest BCUT2D eigenvalue weighted by Crippen LogP contribution is -2.61. The second-order valence-electron chi connectivity index (χ2n) is 9.52. The lowest BCUT2D eigenvalue weighted by atomic mass is 9.75. The Morgan fingerprint density at radius 3 is 2.34 bits per heavy atom. The lowest BCUT2D eigenvalue weighted by Gasteiger charge is -2.47. The lowest BCUT2D eigenvalue weighted by molar-refractivity contribution is -0.185. The molecule has 1 atom stereocenters. The van der Waals surface area contributed by atoms with Crippen molar-refractivity contribution in [1.29, 1.82) is 0 Å². The zero-order chi connectivity index (χ0) is 27.7. The topological polar surface area (TPSA) is 41.9 Å². The van der Waals surface area contributed by atoms with Gasteiger partial charge in [0.15, 0.2) is 5.82 Å². The van der Waals surface area contributed by atoms with Gasteiger partial charge in [0.1, 0.15) is 17.4 Å². The van der Waals surface area contributed by atoms with Crippen molar-refractivity contribution in [2.24, 2.45) is 4.40 Å². The van der Waals surface area contributed by atoms with Crippen LogP contribution in [0.4, 0.5) is 30.7 Å². The van der Waals surface area contributed by atoms with Crippen molar-refractivity contribution < 1.29 is 40.3 Å². The summed E-state index contributed by atoms with van der Waals surface area (Å²) in [7, 11) is 0. The van der Waals surface area contributed by atoms with Gasteiger partial charge in [0.25, 0.3) is 0 Å². The third-order valence-corrected chi connectivity index (χ3v) is 8.59. The summed E-state index contributed by atoms with van der Waals surface area (Å²) in [6, 6.07) is 6.73. The number of benzene rings is 2. The molecule has 0 aromatic heterocycles. The van der Waals surface area contributed by atoms with Crippen molar-refractivity contribution in [3.63, 3.8) is 0 Å². The summed E-state index contributed by atoms with van der Waals surface area (Å²) >= 11 is 12.4. The number of hydrogen-bond donors (Lipinski definition) is 0. The van der Waals surface area contributed by atoms with E-state index >= 15 is 0 Å². The van der Waals surface area contributed by atoms with Crippen LogP contribution in [0.1, 0.15) is 35.1 Å². The Morgan fingerprint density at radius 1 is 1.08 bits per heavy atom. The minimum absolute atomic E-state index is 0.0473. The van der Waals surface area contributed by atoms with Crippen LogP contribution in [-0.2, 0) is 27.2 Å². The highest BCUT2D eigenvalue weighted by Gasteiger charge is 2.58. The van der Waals surface area contributed by atoms with E-state index in [0.717, 1.165) is 29.0 Å². The van der Waals surface area contributed by atoms with E-state index in [4.69, 9.17) is 27.9 Å². The van der Waals surface area contributed by atoms with Crippen molar-refractivity contribution >= 4 is 46.8 Å². The van der Waals surface area contributed by atoms with Gasteiger partial charge in [0.05, 0.1) is 35.5 Å². The molecule has 1 fully saturated rings. The minimum atomic E-state index is -4.74. The standard InChI is InChI=1S/C24H17Cl2F7N2O2S/c25-16-4-14(5-17(26)20(16)27)21(24(31,32)33)6-18(34-38-11-21)12-1-2-15-13(3-12)8-37-22(15)9-35(10-22)19(36)7-23(28,29)30/h1-5H,6-11H2. The van der Waals surface area contributed by atoms with E-state index in [-0.39, 0.29) is 31.0 Å². The number of carbonyl (C=O) groups is 1. The second-order valence-corrected chi connectivity index (χ2v) is 11.1. The number of nitrogens with zero attached hydrogens (tertiary/aromatic N) is 2. The van der Waals surface area contributed by atoms with Crippen molar-refractivity contribution in [2.75, 3.05) is 18.8 Å². The van der Waals surface area contributed by atoms with Gasteiger partial charge in [0, 0.05) is 12.2 Å². The molecule has 14 heteroatoms. The summed E-state index contributed by atoms with van der Waals surface area (Å²) in [4.78, 5) is 12.9. The fourth-order valence-corrected chi connectivity index (χ4v) is 6.56. The van der Waals surface area contributed by atoms with Crippen LogP contribution in [0.3, 0.4) is 0 Å². The number of alkyl halides is 6. The minimum Gasteiger partial charge on any atom is -0.362 e. The molecule has 38 heavy (non-hydrogen) atoms. The maximum Gasteiger partial charge on any atom is 0.399 e. The van der Waals surface area contributed by atoms with Crippen LogP contribution in [-0.4, -0.2) is 47.7 Å². The summed E-state index contributed by atoms with van der Waals surface area (Å²) < 4.78 is 105. The normalized spacial score (nSPS) is 22.8. The van der Waals surface area contributed by atoms with Gasteiger partial charge in [0.2, 0.25) is 5.91 Å². The number of likely N-dealkylation sites (tertiary alicyclic amines) is 1. The summed E-state index contributed by atoms with van der Waals surface area (Å²) in [5, 5.41) is -1.04. The average molecular weight is 601 g/mol. The number of carbonyl (C=O) groups excluding carboxylic acids is 1. The van der Waals surface area contributed by atoms with E-state index in [2.05, 4.69) is 4.40 Å². The van der Waals surface area contributed by atoms with Gasteiger partial charge in [-0.25, -0.2) is 8.79 Å². The smallest absolute Gasteiger partial charge is 0.362 e. The predicted molar refractivity (Wildman–Crippen MR) is 128 cm³/mol. The Bertz CT molecular complexity index is 1320. The van der Waals surface area contributed by atoms with Gasteiger partial charge in [-0.3, -0.25) is 4.79 Å². The first-order valence-corrected chi connectivity index (χ1v) is 12.9. The Morgan fingerprint density at radius 2 is 1.74 bits per heavy atom. The molecule has 2 aromatic carbocycles. The molecule has 1 unspecified atom stereocenters. The van der Waals surface area contributed by atoms with Crippen LogP contribution in [0, 0.1) is 5.82 Å². The monoisotopic (exact) mass is 600 g/mol. The van der Waals surface area contributed by atoms with E-state index in [9.17, 15) is 35.5 Å². The van der Waals surface area contributed by atoms with Crippen molar-refractivity contribution in [3.05, 3.63) is 68.4 Å². The molecule has 204 valence electrons. The summed E-state index contributed by atoms with van der Waals surface area (Å²) in [6.07, 6.45) is -11.5. The predicted octanol–water partition coefficient (Wildman–Crippen LogP) is 6.99. The van der Waals surface area contributed by atoms with Crippen LogP contribution in [0.5, 0.6) is 0 Å². The summed E-state index contributed by atoms with van der Waals surface area (Å²) in [6.45, 7) is -0.0128. The van der Waals surface area contributed by atoms with Crippen LogP contribution in [0.25, 0.3) is 0 Å². The third kappa shape index (κ3) is 4.67. The molecule has 4 nitrogen and oxygen atoms in total.